The van der Waals surface area contributed by atoms with E-state index >= 15 is 0 Å². The van der Waals surface area contributed by atoms with E-state index in [1.807, 2.05) is 23.4 Å². The standard InChI is InChI=1S/C38H65NO6S2/c1-3-4-5-6-7-8-9-10-11-12-13-14-15-17-20-23-37-43-33-35(44-37)32-42-30-22-19-16-18-21-28-39-29-31-46-38(39)45-47(40,41)36-26-24-34(2)25-27-36/h24-27,29,31,35,37-38H,3-23,28,30,32-33H2,1-2H3. The number of rotatable bonds is 29. The third-order valence-corrected chi connectivity index (χ3v) is 11.4. The molecule has 2 aliphatic heterocycles. The lowest BCUT2D eigenvalue weighted by Gasteiger charge is -2.24. The molecule has 3 rings (SSSR count). The Hall–Kier alpha value is -1.10. The Labute approximate surface area is 292 Å². The Morgan fingerprint density at radius 1 is 0.787 bits per heavy atom. The Balaban J connectivity index is 1.07. The van der Waals surface area contributed by atoms with Crippen molar-refractivity contribution < 1.29 is 26.8 Å². The van der Waals surface area contributed by atoms with Gasteiger partial charge in [0.05, 0.1) is 18.1 Å². The first-order chi connectivity index (χ1) is 23.0. The van der Waals surface area contributed by atoms with Gasteiger partial charge in [0.15, 0.2) is 6.29 Å². The number of aryl methyl sites for hydroxylation is 1. The summed E-state index contributed by atoms with van der Waals surface area (Å²) in [5.41, 5.74) is 0.473. The molecule has 1 saturated heterocycles. The molecule has 47 heavy (non-hydrogen) atoms. The predicted molar refractivity (Wildman–Crippen MR) is 195 cm³/mol. The van der Waals surface area contributed by atoms with E-state index in [0.717, 1.165) is 57.2 Å². The van der Waals surface area contributed by atoms with Crippen molar-refractivity contribution in [2.24, 2.45) is 0 Å². The van der Waals surface area contributed by atoms with Crippen LogP contribution in [0.1, 0.15) is 147 Å². The third kappa shape index (κ3) is 17.9. The van der Waals surface area contributed by atoms with Crippen LogP contribution in [0, 0.1) is 6.92 Å². The van der Waals surface area contributed by atoms with Crippen LogP contribution in [0.5, 0.6) is 0 Å². The second kappa shape index (κ2) is 24.9. The highest BCUT2D eigenvalue weighted by atomic mass is 32.2. The highest BCUT2D eigenvalue weighted by Crippen LogP contribution is 2.30. The van der Waals surface area contributed by atoms with Crippen molar-refractivity contribution in [3.8, 4) is 0 Å². The first-order valence-electron chi connectivity index (χ1n) is 18.9. The van der Waals surface area contributed by atoms with E-state index < -0.39 is 15.7 Å². The number of nitrogens with zero attached hydrogens (tertiary/aromatic N) is 1. The van der Waals surface area contributed by atoms with E-state index in [9.17, 15) is 8.42 Å². The zero-order valence-corrected chi connectivity index (χ0v) is 31.2. The lowest BCUT2D eigenvalue weighted by molar-refractivity contribution is -0.0761. The van der Waals surface area contributed by atoms with Crippen LogP contribution in [0.3, 0.4) is 0 Å². The van der Waals surface area contributed by atoms with Gasteiger partial charge in [0.25, 0.3) is 10.1 Å². The lowest BCUT2D eigenvalue weighted by atomic mass is 10.0. The summed E-state index contributed by atoms with van der Waals surface area (Å²) in [6, 6.07) is 6.77. The Morgan fingerprint density at radius 2 is 1.36 bits per heavy atom. The molecule has 3 atom stereocenters. The smallest absolute Gasteiger partial charge is 0.299 e. The van der Waals surface area contributed by atoms with Gasteiger partial charge in [-0.2, -0.15) is 8.42 Å². The Kier molecular flexibility index (Phi) is 21.4. The van der Waals surface area contributed by atoms with Crippen molar-refractivity contribution in [3.05, 3.63) is 41.4 Å². The molecular formula is C38H65NO6S2. The monoisotopic (exact) mass is 695 g/mol. The third-order valence-electron chi connectivity index (χ3n) is 9.10. The summed E-state index contributed by atoms with van der Waals surface area (Å²) in [5.74, 6) is 0. The van der Waals surface area contributed by atoms with Crippen molar-refractivity contribution >= 4 is 21.9 Å². The molecule has 7 nitrogen and oxygen atoms in total. The summed E-state index contributed by atoms with van der Waals surface area (Å²) < 4.78 is 48.7. The molecule has 1 aromatic rings. The second-order valence-electron chi connectivity index (χ2n) is 13.4. The van der Waals surface area contributed by atoms with Gasteiger partial charge in [-0.3, -0.25) is 0 Å². The summed E-state index contributed by atoms with van der Waals surface area (Å²) in [4.78, 5) is 2.16. The number of hydrogen-bond acceptors (Lipinski definition) is 8. The first-order valence-corrected chi connectivity index (χ1v) is 21.3. The molecular weight excluding hydrogens is 631 g/mol. The summed E-state index contributed by atoms with van der Waals surface area (Å²) in [6.07, 6.45) is 29.0. The zero-order valence-electron chi connectivity index (χ0n) is 29.6. The van der Waals surface area contributed by atoms with Crippen LogP contribution in [0.2, 0.25) is 0 Å². The Morgan fingerprint density at radius 3 is 2.00 bits per heavy atom. The van der Waals surface area contributed by atoms with Crippen LogP contribution in [-0.2, 0) is 28.5 Å². The number of hydrogen-bond donors (Lipinski definition) is 0. The normalized spacial score (nSPS) is 19.7. The van der Waals surface area contributed by atoms with Crippen LogP contribution in [0.4, 0.5) is 0 Å². The molecule has 0 spiro atoms. The number of thioether (sulfide) groups is 1. The van der Waals surface area contributed by atoms with Crippen molar-refractivity contribution in [2.75, 3.05) is 26.4 Å². The molecule has 0 N–H and O–H groups in total. The van der Waals surface area contributed by atoms with Crippen molar-refractivity contribution in [3.63, 3.8) is 0 Å². The fourth-order valence-corrected chi connectivity index (χ4v) is 8.22. The molecule has 9 heteroatoms. The quantitative estimate of drug-likeness (QED) is 0.0606. The van der Waals surface area contributed by atoms with Gasteiger partial charge in [-0.15, -0.1) is 0 Å². The molecule has 0 radical (unpaired) electrons. The fourth-order valence-electron chi connectivity index (χ4n) is 6.13. The highest BCUT2D eigenvalue weighted by molar-refractivity contribution is 8.03. The van der Waals surface area contributed by atoms with Gasteiger partial charge in [-0.05, 0) is 50.1 Å². The number of ether oxygens (including phenoxy) is 3. The molecule has 0 bridgehead atoms. The summed E-state index contributed by atoms with van der Waals surface area (Å²) in [7, 11) is -3.80. The molecule has 0 amide bonds. The second-order valence-corrected chi connectivity index (χ2v) is 16.0. The van der Waals surface area contributed by atoms with E-state index in [1.54, 1.807) is 24.3 Å². The average Bonchev–Trinajstić information content (AvgIpc) is 3.71. The molecule has 3 unspecified atom stereocenters. The summed E-state index contributed by atoms with van der Waals surface area (Å²) in [6.45, 7) is 6.99. The van der Waals surface area contributed by atoms with E-state index in [-0.39, 0.29) is 17.3 Å². The van der Waals surface area contributed by atoms with Crippen molar-refractivity contribution in [1.82, 2.24) is 4.90 Å². The minimum absolute atomic E-state index is 0.0536. The van der Waals surface area contributed by atoms with Gasteiger partial charge < -0.3 is 19.1 Å². The topological polar surface area (TPSA) is 74.3 Å². The maximum atomic E-state index is 12.7. The fraction of sp³-hybridized carbons (Fsp3) is 0.789. The van der Waals surface area contributed by atoms with Gasteiger partial charge >= 0.3 is 0 Å². The minimum Gasteiger partial charge on any atom is -0.379 e. The van der Waals surface area contributed by atoms with Crippen LogP contribution in [0.25, 0.3) is 0 Å². The van der Waals surface area contributed by atoms with Gasteiger partial charge in [-0.25, -0.2) is 4.18 Å². The van der Waals surface area contributed by atoms with Crippen LogP contribution < -0.4 is 0 Å². The van der Waals surface area contributed by atoms with E-state index in [1.165, 1.54) is 108 Å². The lowest BCUT2D eigenvalue weighted by Crippen LogP contribution is -2.30. The molecule has 2 heterocycles. The molecule has 270 valence electrons. The molecule has 2 aliphatic rings. The Bertz CT molecular complexity index is 1050. The first kappa shape index (κ1) is 40.3. The zero-order chi connectivity index (χ0) is 33.4. The maximum Gasteiger partial charge on any atom is 0.299 e. The van der Waals surface area contributed by atoms with Crippen molar-refractivity contribution in [2.45, 2.75) is 172 Å². The highest BCUT2D eigenvalue weighted by Gasteiger charge is 2.28. The molecule has 0 saturated carbocycles. The average molecular weight is 696 g/mol. The van der Waals surface area contributed by atoms with Gasteiger partial charge in [0.2, 0.25) is 5.56 Å². The molecule has 1 aromatic carbocycles. The van der Waals surface area contributed by atoms with Gasteiger partial charge in [0.1, 0.15) is 6.10 Å². The minimum atomic E-state index is -3.80. The molecule has 0 aromatic heterocycles. The van der Waals surface area contributed by atoms with Gasteiger partial charge in [-0.1, -0.05) is 146 Å². The number of benzene rings is 1. The van der Waals surface area contributed by atoms with Crippen LogP contribution in [-0.4, -0.2) is 57.6 Å². The van der Waals surface area contributed by atoms with E-state index in [4.69, 9.17) is 18.4 Å². The SMILES string of the molecule is CCCCCCCCCCCCCCCCCC1OCC(COCCCCCCCN2C=CSC2OS(=O)(=O)c2ccc(C)cc2)O1. The summed E-state index contributed by atoms with van der Waals surface area (Å²) in [5, 5.41) is 1.90. The van der Waals surface area contributed by atoms with Crippen LogP contribution >= 0.6 is 11.8 Å². The predicted octanol–water partition coefficient (Wildman–Crippen LogP) is 10.5. The van der Waals surface area contributed by atoms with E-state index in [2.05, 4.69) is 6.92 Å². The summed E-state index contributed by atoms with van der Waals surface area (Å²) >= 11 is 1.38. The van der Waals surface area contributed by atoms with Crippen molar-refractivity contribution in [1.29, 1.82) is 0 Å². The van der Waals surface area contributed by atoms with E-state index in [0.29, 0.717) is 13.2 Å². The molecule has 1 fully saturated rings. The maximum absolute atomic E-state index is 12.7. The van der Waals surface area contributed by atoms with Crippen LogP contribution in [0.15, 0.2) is 40.8 Å². The number of unbranched alkanes of at least 4 members (excludes halogenated alkanes) is 18. The molecule has 0 aliphatic carbocycles. The van der Waals surface area contributed by atoms with Gasteiger partial charge in [0, 0.05) is 19.4 Å². The largest absolute Gasteiger partial charge is 0.379 e.